The molecule has 0 saturated carbocycles. The zero-order chi connectivity index (χ0) is 14.0. The summed E-state index contributed by atoms with van der Waals surface area (Å²) in [5, 5.41) is 3.47. The molecule has 0 saturated heterocycles. The Morgan fingerprint density at radius 2 is 2.05 bits per heavy atom. The SMILES string of the molecule is Cc1cc(CC(=O)Nc2cccc(Cl)c2)c(C)n1C. The first-order valence-electron chi connectivity index (χ1n) is 6.14. The van der Waals surface area contributed by atoms with Crippen LogP contribution in [0.15, 0.2) is 30.3 Å². The van der Waals surface area contributed by atoms with E-state index in [9.17, 15) is 4.79 Å². The van der Waals surface area contributed by atoms with Crippen LogP contribution in [0.4, 0.5) is 5.69 Å². The summed E-state index contributed by atoms with van der Waals surface area (Å²) in [6.45, 7) is 4.06. The zero-order valence-corrected chi connectivity index (χ0v) is 12.1. The summed E-state index contributed by atoms with van der Waals surface area (Å²) < 4.78 is 2.09. The van der Waals surface area contributed by atoms with E-state index in [1.807, 2.05) is 39.1 Å². The summed E-state index contributed by atoms with van der Waals surface area (Å²) in [4.78, 5) is 12.0. The normalized spacial score (nSPS) is 10.5. The Morgan fingerprint density at radius 3 is 2.63 bits per heavy atom. The third kappa shape index (κ3) is 3.18. The maximum absolute atomic E-state index is 12.0. The second-order valence-electron chi connectivity index (χ2n) is 4.69. The molecule has 1 N–H and O–H groups in total. The second kappa shape index (κ2) is 5.49. The molecule has 2 rings (SSSR count). The Bertz CT molecular complexity index is 617. The fourth-order valence-corrected chi connectivity index (χ4v) is 2.25. The van der Waals surface area contributed by atoms with E-state index in [2.05, 4.69) is 9.88 Å². The third-order valence-corrected chi connectivity index (χ3v) is 3.57. The number of hydrogen-bond acceptors (Lipinski definition) is 1. The molecule has 0 aliphatic heterocycles. The average molecular weight is 277 g/mol. The molecule has 3 nitrogen and oxygen atoms in total. The molecule has 0 aliphatic carbocycles. The third-order valence-electron chi connectivity index (χ3n) is 3.34. The highest BCUT2D eigenvalue weighted by atomic mass is 35.5. The molecule has 4 heteroatoms. The number of carbonyl (C=O) groups is 1. The molecule has 1 amide bonds. The molecule has 0 aliphatic rings. The number of aromatic nitrogens is 1. The van der Waals surface area contributed by atoms with Crippen molar-refractivity contribution in [1.29, 1.82) is 0 Å². The van der Waals surface area contributed by atoms with Crippen LogP contribution >= 0.6 is 11.6 Å². The summed E-state index contributed by atoms with van der Waals surface area (Å²) in [5.41, 5.74) is 4.06. The second-order valence-corrected chi connectivity index (χ2v) is 5.13. The lowest BCUT2D eigenvalue weighted by Crippen LogP contribution is -2.14. The first kappa shape index (κ1) is 13.7. The molecule has 1 aromatic carbocycles. The summed E-state index contributed by atoms with van der Waals surface area (Å²) in [5.74, 6) is -0.0315. The number of nitrogens with zero attached hydrogens (tertiary/aromatic N) is 1. The summed E-state index contributed by atoms with van der Waals surface area (Å²) in [6, 6.07) is 9.21. The first-order valence-corrected chi connectivity index (χ1v) is 6.52. The van der Waals surface area contributed by atoms with E-state index in [-0.39, 0.29) is 5.91 Å². The number of nitrogens with one attached hydrogen (secondary N) is 1. The van der Waals surface area contributed by atoms with Crippen molar-refractivity contribution in [2.45, 2.75) is 20.3 Å². The van der Waals surface area contributed by atoms with Crippen LogP contribution in [-0.4, -0.2) is 10.5 Å². The lowest BCUT2D eigenvalue weighted by Gasteiger charge is -2.06. The molecule has 100 valence electrons. The highest BCUT2D eigenvalue weighted by Crippen LogP contribution is 2.17. The number of hydrogen-bond donors (Lipinski definition) is 1. The summed E-state index contributed by atoms with van der Waals surface area (Å²) >= 11 is 5.88. The molecular formula is C15H17ClN2O. The quantitative estimate of drug-likeness (QED) is 0.915. The number of carbonyl (C=O) groups excluding carboxylic acids is 1. The molecule has 0 bridgehead atoms. The Hall–Kier alpha value is -1.74. The van der Waals surface area contributed by atoms with Crippen molar-refractivity contribution in [2.24, 2.45) is 7.05 Å². The molecule has 1 aromatic heterocycles. The van der Waals surface area contributed by atoms with E-state index in [1.165, 1.54) is 0 Å². The highest BCUT2D eigenvalue weighted by Gasteiger charge is 2.10. The van der Waals surface area contributed by atoms with Gasteiger partial charge in [-0.2, -0.15) is 0 Å². The van der Waals surface area contributed by atoms with E-state index >= 15 is 0 Å². The first-order chi connectivity index (χ1) is 8.97. The van der Waals surface area contributed by atoms with Crippen LogP contribution in [0.2, 0.25) is 5.02 Å². The summed E-state index contributed by atoms with van der Waals surface area (Å²) in [6.07, 6.45) is 0.375. The van der Waals surface area contributed by atoms with E-state index in [0.29, 0.717) is 11.4 Å². The Labute approximate surface area is 118 Å². The van der Waals surface area contributed by atoms with Gasteiger partial charge in [-0.1, -0.05) is 17.7 Å². The van der Waals surface area contributed by atoms with Crippen LogP contribution in [0.3, 0.4) is 0 Å². The van der Waals surface area contributed by atoms with E-state index < -0.39 is 0 Å². The Kier molecular flexibility index (Phi) is 3.96. The van der Waals surface area contributed by atoms with Gasteiger partial charge in [-0.05, 0) is 43.7 Å². The monoisotopic (exact) mass is 276 g/mol. The van der Waals surface area contributed by atoms with Crippen LogP contribution in [0.25, 0.3) is 0 Å². The predicted octanol–water partition coefficient (Wildman–Crippen LogP) is 3.48. The highest BCUT2D eigenvalue weighted by molar-refractivity contribution is 6.30. The number of amides is 1. The Morgan fingerprint density at radius 1 is 1.32 bits per heavy atom. The minimum atomic E-state index is -0.0315. The molecule has 0 atom stereocenters. The standard InChI is InChI=1S/C15H17ClN2O/c1-10-7-12(11(2)18(10)3)8-15(19)17-14-6-4-5-13(16)9-14/h4-7,9H,8H2,1-3H3,(H,17,19). The topological polar surface area (TPSA) is 34.0 Å². The number of aryl methyl sites for hydroxylation is 1. The number of rotatable bonds is 3. The lowest BCUT2D eigenvalue weighted by molar-refractivity contribution is -0.115. The van der Waals surface area contributed by atoms with Gasteiger partial charge in [0.15, 0.2) is 0 Å². The van der Waals surface area contributed by atoms with Crippen molar-refractivity contribution in [3.8, 4) is 0 Å². The van der Waals surface area contributed by atoms with E-state index in [4.69, 9.17) is 11.6 Å². The Balaban J connectivity index is 2.07. The molecule has 2 aromatic rings. The van der Waals surface area contributed by atoms with Gasteiger partial charge >= 0.3 is 0 Å². The molecule has 0 unspecified atom stereocenters. The van der Waals surface area contributed by atoms with Crippen molar-refractivity contribution in [3.63, 3.8) is 0 Å². The van der Waals surface area contributed by atoms with Gasteiger partial charge in [-0.15, -0.1) is 0 Å². The molecule has 0 fully saturated rings. The number of benzene rings is 1. The van der Waals surface area contributed by atoms with Crippen LogP contribution < -0.4 is 5.32 Å². The van der Waals surface area contributed by atoms with E-state index in [1.54, 1.807) is 12.1 Å². The number of anilines is 1. The van der Waals surface area contributed by atoms with Crippen LogP contribution in [0.1, 0.15) is 17.0 Å². The minimum absolute atomic E-state index is 0.0315. The minimum Gasteiger partial charge on any atom is -0.352 e. The van der Waals surface area contributed by atoms with Crippen molar-refractivity contribution in [1.82, 2.24) is 4.57 Å². The van der Waals surface area contributed by atoms with Crippen molar-refractivity contribution in [2.75, 3.05) is 5.32 Å². The molecule has 0 spiro atoms. The van der Waals surface area contributed by atoms with Crippen LogP contribution in [0.5, 0.6) is 0 Å². The molecule has 1 heterocycles. The van der Waals surface area contributed by atoms with E-state index in [0.717, 1.165) is 22.6 Å². The van der Waals surface area contributed by atoms with Gasteiger partial charge in [0.25, 0.3) is 0 Å². The van der Waals surface area contributed by atoms with Crippen molar-refractivity contribution < 1.29 is 4.79 Å². The number of halogens is 1. The smallest absolute Gasteiger partial charge is 0.228 e. The van der Waals surface area contributed by atoms with Gasteiger partial charge in [-0.3, -0.25) is 4.79 Å². The molecule has 0 radical (unpaired) electrons. The van der Waals surface area contributed by atoms with Gasteiger partial charge in [0.2, 0.25) is 5.91 Å². The van der Waals surface area contributed by atoms with Gasteiger partial charge in [0.05, 0.1) is 6.42 Å². The maximum atomic E-state index is 12.0. The van der Waals surface area contributed by atoms with Crippen molar-refractivity contribution in [3.05, 3.63) is 52.3 Å². The average Bonchev–Trinajstić information content (AvgIpc) is 2.57. The van der Waals surface area contributed by atoms with Crippen LogP contribution in [-0.2, 0) is 18.3 Å². The van der Waals surface area contributed by atoms with Gasteiger partial charge in [0, 0.05) is 29.1 Å². The fourth-order valence-electron chi connectivity index (χ4n) is 2.06. The molecular weight excluding hydrogens is 260 g/mol. The predicted molar refractivity (Wildman–Crippen MR) is 78.7 cm³/mol. The zero-order valence-electron chi connectivity index (χ0n) is 11.3. The van der Waals surface area contributed by atoms with Crippen LogP contribution in [0, 0.1) is 13.8 Å². The fraction of sp³-hybridized carbons (Fsp3) is 0.267. The van der Waals surface area contributed by atoms with Gasteiger partial charge < -0.3 is 9.88 Å². The van der Waals surface area contributed by atoms with Gasteiger partial charge in [-0.25, -0.2) is 0 Å². The largest absolute Gasteiger partial charge is 0.352 e. The molecule has 19 heavy (non-hydrogen) atoms. The summed E-state index contributed by atoms with van der Waals surface area (Å²) in [7, 11) is 2.00. The lowest BCUT2D eigenvalue weighted by atomic mass is 10.1. The van der Waals surface area contributed by atoms with Gasteiger partial charge in [0.1, 0.15) is 0 Å². The van der Waals surface area contributed by atoms with Crippen molar-refractivity contribution >= 4 is 23.2 Å². The maximum Gasteiger partial charge on any atom is 0.228 e.